The van der Waals surface area contributed by atoms with Crippen molar-refractivity contribution in [2.24, 2.45) is 0 Å². The van der Waals surface area contributed by atoms with Gasteiger partial charge in [0.05, 0.1) is 16.4 Å². The molecule has 86 valence electrons. The van der Waals surface area contributed by atoms with Crippen molar-refractivity contribution < 1.29 is 9.53 Å². The monoisotopic (exact) mass is 347 g/mol. The third-order valence-corrected chi connectivity index (χ3v) is 4.06. The number of carbonyl (C=O) groups excluding carboxylic acids is 1. The van der Waals surface area contributed by atoms with Gasteiger partial charge in [0.2, 0.25) is 5.91 Å². The van der Waals surface area contributed by atoms with Crippen molar-refractivity contribution in [3.8, 4) is 5.75 Å². The van der Waals surface area contributed by atoms with Crippen LogP contribution in [0.4, 0.5) is 5.69 Å². The van der Waals surface area contributed by atoms with E-state index < -0.39 is 0 Å². The molecule has 1 aliphatic rings. The van der Waals surface area contributed by atoms with Crippen LogP contribution in [0.1, 0.15) is 6.42 Å². The summed E-state index contributed by atoms with van der Waals surface area (Å²) >= 11 is 6.78. The maximum atomic E-state index is 11.8. The Labute approximate surface area is 111 Å². The molecule has 1 amide bonds. The Morgan fingerprint density at radius 3 is 2.75 bits per heavy atom. The lowest BCUT2D eigenvalue weighted by Crippen LogP contribution is -2.26. The average molecular weight is 349 g/mol. The Balaban J connectivity index is 2.28. The van der Waals surface area contributed by atoms with Gasteiger partial charge in [-0.15, -0.1) is 0 Å². The summed E-state index contributed by atoms with van der Waals surface area (Å²) in [5.41, 5.74) is 0.902. The molecular formula is C11H11Br2NO2. The Kier molecular flexibility index (Phi) is 3.54. The van der Waals surface area contributed by atoms with Crippen LogP contribution in [-0.2, 0) is 4.79 Å². The summed E-state index contributed by atoms with van der Waals surface area (Å²) in [5.74, 6) is 0.892. The zero-order chi connectivity index (χ0) is 11.7. The van der Waals surface area contributed by atoms with Gasteiger partial charge in [-0.05, 0) is 40.5 Å². The molecule has 5 heteroatoms. The fraction of sp³-hybridized carbons (Fsp3) is 0.364. The number of nitrogens with zero attached hydrogens (tertiary/aromatic N) is 1. The van der Waals surface area contributed by atoms with Gasteiger partial charge in [0.25, 0.3) is 0 Å². The van der Waals surface area contributed by atoms with E-state index in [9.17, 15) is 4.79 Å². The predicted molar refractivity (Wildman–Crippen MR) is 70.4 cm³/mol. The number of anilines is 1. The van der Waals surface area contributed by atoms with Crippen molar-refractivity contribution in [2.45, 2.75) is 11.2 Å². The number of amides is 1. The second-order valence-corrected chi connectivity index (χ2v) is 5.52. The summed E-state index contributed by atoms with van der Waals surface area (Å²) in [7, 11) is 1.62. The molecule has 1 heterocycles. The van der Waals surface area contributed by atoms with E-state index in [-0.39, 0.29) is 10.7 Å². The lowest BCUT2D eigenvalue weighted by Gasteiger charge is -2.17. The first kappa shape index (κ1) is 11.9. The number of rotatable bonds is 2. The van der Waals surface area contributed by atoms with Crippen molar-refractivity contribution >= 4 is 43.5 Å². The van der Waals surface area contributed by atoms with Crippen LogP contribution in [-0.4, -0.2) is 24.4 Å². The summed E-state index contributed by atoms with van der Waals surface area (Å²) in [6, 6.07) is 5.66. The number of alkyl halides is 1. The van der Waals surface area contributed by atoms with E-state index in [2.05, 4.69) is 31.9 Å². The molecule has 0 aliphatic carbocycles. The van der Waals surface area contributed by atoms with Gasteiger partial charge in [0.15, 0.2) is 0 Å². The first-order valence-electron chi connectivity index (χ1n) is 4.92. The van der Waals surface area contributed by atoms with Gasteiger partial charge in [0.1, 0.15) is 5.75 Å². The van der Waals surface area contributed by atoms with Crippen LogP contribution in [0.25, 0.3) is 0 Å². The minimum absolute atomic E-state index is 0.0478. The van der Waals surface area contributed by atoms with Crippen molar-refractivity contribution in [1.29, 1.82) is 0 Å². The third-order valence-electron chi connectivity index (χ3n) is 2.59. The standard InChI is InChI=1S/C11H11Br2NO2/c1-16-10-3-2-7(6-9(10)13)14-5-4-8(12)11(14)15/h2-3,6,8H,4-5H2,1H3. The number of methoxy groups -OCH3 is 1. The zero-order valence-corrected chi connectivity index (χ0v) is 11.9. The molecule has 3 nitrogen and oxygen atoms in total. The van der Waals surface area contributed by atoms with Crippen LogP contribution < -0.4 is 9.64 Å². The third kappa shape index (κ3) is 2.11. The fourth-order valence-electron chi connectivity index (χ4n) is 1.72. The molecule has 2 rings (SSSR count). The molecule has 0 bridgehead atoms. The Morgan fingerprint density at radius 1 is 1.50 bits per heavy atom. The van der Waals surface area contributed by atoms with Gasteiger partial charge in [-0.1, -0.05) is 15.9 Å². The van der Waals surface area contributed by atoms with Gasteiger partial charge >= 0.3 is 0 Å². The molecule has 0 saturated carbocycles. The van der Waals surface area contributed by atoms with Crippen LogP contribution in [0.3, 0.4) is 0 Å². The largest absolute Gasteiger partial charge is 0.496 e. The highest BCUT2D eigenvalue weighted by Gasteiger charge is 2.30. The minimum Gasteiger partial charge on any atom is -0.496 e. The molecule has 1 atom stereocenters. The van der Waals surface area contributed by atoms with Gasteiger partial charge in [-0.3, -0.25) is 4.79 Å². The molecule has 0 N–H and O–H groups in total. The van der Waals surface area contributed by atoms with Crippen LogP contribution in [0, 0.1) is 0 Å². The summed E-state index contributed by atoms with van der Waals surface area (Å²) in [6.45, 7) is 0.757. The molecule has 0 aromatic heterocycles. The van der Waals surface area contributed by atoms with Crippen LogP contribution in [0.2, 0.25) is 0 Å². The number of ether oxygens (including phenoxy) is 1. The Bertz CT molecular complexity index is 422. The summed E-state index contributed by atoms with van der Waals surface area (Å²) < 4.78 is 6.01. The van der Waals surface area contributed by atoms with Crippen molar-refractivity contribution in [1.82, 2.24) is 0 Å². The van der Waals surface area contributed by atoms with E-state index >= 15 is 0 Å². The van der Waals surface area contributed by atoms with E-state index in [1.165, 1.54) is 0 Å². The lowest BCUT2D eigenvalue weighted by molar-refractivity contribution is -0.116. The molecule has 1 aromatic rings. The van der Waals surface area contributed by atoms with Gasteiger partial charge in [-0.25, -0.2) is 0 Å². The molecule has 0 spiro atoms. The van der Waals surface area contributed by atoms with E-state index in [4.69, 9.17) is 4.74 Å². The fourth-order valence-corrected chi connectivity index (χ4v) is 2.71. The second-order valence-electron chi connectivity index (χ2n) is 3.56. The maximum absolute atomic E-state index is 11.8. The smallest absolute Gasteiger partial charge is 0.240 e. The molecular weight excluding hydrogens is 338 g/mol. The number of hydrogen-bond donors (Lipinski definition) is 0. The minimum atomic E-state index is -0.0478. The van der Waals surface area contributed by atoms with Crippen LogP contribution in [0.5, 0.6) is 5.75 Å². The van der Waals surface area contributed by atoms with Gasteiger partial charge in [-0.2, -0.15) is 0 Å². The topological polar surface area (TPSA) is 29.5 Å². The highest BCUT2D eigenvalue weighted by molar-refractivity contribution is 9.10. The molecule has 1 aromatic carbocycles. The normalized spacial score (nSPS) is 20.3. The molecule has 16 heavy (non-hydrogen) atoms. The SMILES string of the molecule is COc1ccc(N2CCC(Br)C2=O)cc1Br. The second kappa shape index (κ2) is 4.75. The number of hydrogen-bond acceptors (Lipinski definition) is 2. The van der Waals surface area contributed by atoms with Gasteiger partial charge < -0.3 is 9.64 Å². The molecule has 1 fully saturated rings. The molecule has 1 unspecified atom stereocenters. The van der Waals surface area contributed by atoms with Gasteiger partial charge in [0, 0.05) is 12.2 Å². The van der Waals surface area contributed by atoms with Crippen LogP contribution >= 0.6 is 31.9 Å². The quantitative estimate of drug-likeness (QED) is 0.769. The first-order chi connectivity index (χ1) is 7.63. The maximum Gasteiger partial charge on any atom is 0.240 e. The van der Waals surface area contributed by atoms with E-state index in [1.54, 1.807) is 12.0 Å². The Morgan fingerprint density at radius 2 is 2.25 bits per heavy atom. The van der Waals surface area contributed by atoms with Crippen molar-refractivity contribution in [3.63, 3.8) is 0 Å². The average Bonchev–Trinajstić information content (AvgIpc) is 2.60. The highest BCUT2D eigenvalue weighted by Crippen LogP contribution is 2.32. The predicted octanol–water partition coefficient (Wildman–Crippen LogP) is 2.96. The molecule has 1 saturated heterocycles. The zero-order valence-electron chi connectivity index (χ0n) is 8.74. The van der Waals surface area contributed by atoms with Crippen molar-refractivity contribution in [2.75, 3.05) is 18.6 Å². The summed E-state index contributed by atoms with van der Waals surface area (Å²) in [4.78, 5) is 13.5. The number of halogens is 2. The number of benzene rings is 1. The van der Waals surface area contributed by atoms with E-state index in [0.29, 0.717) is 0 Å². The van der Waals surface area contributed by atoms with Crippen LogP contribution in [0.15, 0.2) is 22.7 Å². The lowest BCUT2D eigenvalue weighted by atomic mass is 10.3. The van der Waals surface area contributed by atoms with Crippen molar-refractivity contribution in [3.05, 3.63) is 22.7 Å². The highest BCUT2D eigenvalue weighted by atomic mass is 79.9. The molecule has 1 aliphatic heterocycles. The Hall–Kier alpha value is -0.550. The summed E-state index contributed by atoms with van der Waals surface area (Å²) in [5, 5.41) is 0. The number of carbonyl (C=O) groups is 1. The molecule has 0 radical (unpaired) electrons. The summed E-state index contributed by atoms with van der Waals surface area (Å²) in [6.07, 6.45) is 0.850. The van der Waals surface area contributed by atoms with E-state index in [0.717, 1.165) is 28.9 Å². The van der Waals surface area contributed by atoms with E-state index in [1.807, 2.05) is 18.2 Å². The first-order valence-corrected chi connectivity index (χ1v) is 6.63.